The zero-order valence-electron chi connectivity index (χ0n) is 8.39. The highest BCUT2D eigenvalue weighted by atomic mass is 32.2. The van der Waals surface area contributed by atoms with E-state index in [1.165, 1.54) is 26.2 Å². The molecule has 0 saturated carbocycles. The molecule has 0 aliphatic rings. The maximum Gasteiger partial charge on any atom is 0.304 e. The maximum atomic E-state index is 11.3. The first-order chi connectivity index (χ1) is 6.25. The third-order valence-electron chi connectivity index (χ3n) is 1.35. The van der Waals surface area contributed by atoms with Gasteiger partial charge < -0.3 is 5.11 Å². The first kappa shape index (κ1) is 13.3. The van der Waals surface area contributed by atoms with Gasteiger partial charge in [-0.25, -0.2) is 5.01 Å². The number of hydrazine groups is 1. The molecule has 0 bridgehead atoms. The summed E-state index contributed by atoms with van der Waals surface area (Å²) >= 11 is 0. The lowest BCUT2D eigenvalue weighted by Crippen LogP contribution is -2.45. The fourth-order valence-corrected chi connectivity index (χ4v) is 1.61. The lowest BCUT2D eigenvalue weighted by molar-refractivity contribution is -0.137. The molecular formula is C6H15N3O4S. The molecule has 0 aromatic heterocycles. The average Bonchev–Trinajstić information content (AvgIpc) is 1.97. The standard InChI is InChI=1S/C6H15N3O4S/c1-8(2)7-14(12,13)9(3)5-4-6(10)11/h7H,4-5H2,1-3H3,(H,10,11). The molecule has 2 N–H and O–H groups in total. The molecule has 0 aromatic carbocycles. The van der Waals surface area contributed by atoms with Crippen molar-refractivity contribution >= 4 is 16.2 Å². The third kappa shape index (κ3) is 5.12. The summed E-state index contributed by atoms with van der Waals surface area (Å²) in [6.45, 7) is -0.0570. The van der Waals surface area contributed by atoms with Gasteiger partial charge in [0.1, 0.15) is 0 Å². The number of hydrogen-bond donors (Lipinski definition) is 2. The van der Waals surface area contributed by atoms with Crippen LogP contribution in [-0.2, 0) is 15.0 Å². The highest BCUT2D eigenvalue weighted by Crippen LogP contribution is 1.95. The molecule has 0 aromatic rings. The van der Waals surface area contributed by atoms with Crippen molar-refractivity contribution in [3.63, 3.8) is 0 Å². The minimum atomic E-state index is -3.61. The maximum absolute atomic E-state index is 11.3. The van der Waals surface area contributed by atoms with Crippen molar-refractivity contribution in [3.05, 3.63) is 0 Å². The molecule has 0 fully saturated rings. The molecule has 0 aliphatic heterocycles. The van der Waals surface area contributed by atoms with E-state index in [1.54, 1.807) is 0 Å². The SMILES string of the molecule is CN(C)NS(=O)(=O)N(C)CCC(=O)O. The number of aliphatic carboxylic acids is 1. The van der Waals surface area contributed by atoms with Crippen LogP contribution in [0.1, 0.15) is 6.42 Å². The van der Waals surface area contributed by atoms with E-state index in [4.69, 9.17) is 5.11 Å². The Morgan fingerprint density at radius 3 is 2.21 bits per heavy atom. The van der Waals surface area contributed by atoms with Crippen molar-refractivity contribution < 1.29 is 18.3 Å². The Morgan fingerprint density at radius 1 is 1.36 bits per heavy atom. The van der Waals surface area contributed by atoms with Gasteiger partial charge in [0.05, 0.1) is 6.42 Å². The molecule has 0 radical (unpaired) electrons. The summed E-state index contributed by atoms with van der Waals surface area (Å²) in [6.07, 6.45) is -0.217. The number of hydrogen-bond acceptors (Lipinski definition) is 4. The number of rotatable bonds is 6. The lowest BCUT2D eigenvalue weighted by Gasteiger charge is -2.19. The monoisotopic (exact) mass is 225 g/mol. The molecule has 0 saturated heterocycles. The molecule has 0 spiro atoms. The van der Waals surface area contributed by atoms with Crippen LogP contribution >= 0.6 is 0 Å². The van der Waals surface area contributed by atoms with Gasteiger partial charge in [0, 0.05) is 27.7 Å². The highest BCUT2D eigenvalue weighted by Gasteiger charge is 2.18. The van der Waals surface area contributed by atoms with E-state index in [-0.39, 0.29) is 13.0 Å². The van der Waals surface area contributed by atoms with Gasteiger partial charge in [0.2, 0.25) is 0 Å². The van der Waals surface area contributed by atoms with Crippen molar-refractivity contribution in [2.24, 2.45) is 0 Å². The number of nitrogens with zero attached hydrogens (tertiary/aromatic N) is 2. The van der Waals surface area contributed by atoms with Crippen molar-refractivity contribution in [2.45, 2.75) is 6.42 Å². The van der Waals surface area contributed by atoms with Crippen LogP contribution in [0.4, 0.5) is 0 Å². The van der Waals surface area contributed by atoms with Crippen LogP contribution in [0, 0.1) is 0 Å². The third-order valence-corrected chi connectivity index (χ3v) is 2.95. The van der Waals surface area contributed by atoms with Gasteiger partial charge in [-0.15, -0.1) is 4.83 Å². The predicted molar refractivity (Wildman–Crippen MR) is 50.6 cm³/mol. The van der Waals surface area contributed by atoms with Gasteiger partial charge >= 0.3 is 5.97 Å². The van der Waals surface area contributed by atoms with E-state index < -0.39 is 16.2 Å². The summed E-state index contributed by atoms with van der Waals surface area (Å²) in [5.74, 6) is -1.03. The predicted octanol–water partition coefficient (Wildman–Crippen LogP) is -1.30. The molecule has 14 heavy (non-hydrogen) atoms. The Kier molecular flexibility index (Phi) is 4.99. The van der Waals surface area contributed by atoms with Crippen LogP contribution in [0.25, 0.3) is 0 Å². The van der Waals surface area contributed by atoms with Crippen molar-refractivity contribution in [3.8, 4) is 0 Å². The van der Waals surface area contributed by atoms with Crippen LogP contribution in [0.3, 0.4) is 0 Å². The molecule has 0 aliphatic carbocycles. The molecule has 0 heterocycles. The molecule has 0 unspecified atom stereocenters. The van der Waals surface area contributed by atoms with Crippen LogP contribution in [-0.4, -0.2) is 56.5 Å². The second-order valence-electron chi connectivity index (χ2n) is 2.96. The fraction of sp³-hybridized carbons (Fsp3) is 0.833. The van der Waals surface area contributed by atoms with Crippen LogP contribution in [0.2, 0.25) is 0 Å². The summed E-state index contributed by atoms with van der Waals surface area (Å²) in [7, 11) is 0.766. The van der Waals surface area contributed by atoms with E-state index in [1.807, 2.05) is 0 Å². The van der Waals surface area contributed by atoms with Gasteiger partial charge in [0.15, 0.2) is 0 Å². The van der Waals surface area contributed by atoms with E-state index >= 15 is 0 Å². The summed E-state index contributed by atoms with van der Waals surface area (Å²) < 4.78 is 23.6. The zero-order valence-corrected chi connectivity index (χ0v) is 9.21. The molecule has 0 rings (SSSR count). The van der Waals surface area contributed by atoms with Crippen molar-refractivity contribution in [1.82, 2.24) is 14.1 Å². The van der Waals surface area contributed by atoms with E-state index in [0.29, 0.717) is 0 Å². The number of carboxylic acids is 1. The van der Waals surface area contributed by atoms with E-state index in [9.17, 15) is 13.2 Å². The number of carbonyl (C=O) groups is 1. The van der Waals surface area contributed by atoms with E-state index in [0.717, 1.165) is 4.31 Å². The first-order valence-corrected chi connectivity index (χ1v) is 5.32. The second kappa shape index (κ2) is 5.25. The minimum Gasteiger partial charge on any atom is -0.481 e. The minimum absolute atomic E-state index is 0.0570. The Hall–Kier alpha value is -0.700. The first-order valence-electron chi connectivity index (χ1n) is 3.88. The summed E-state index contributed by atoms with van der Waals surface area (Å²) in [5.41, 5.74) is 0. The highest BCUT2D eigenvalue weighted by molar-refractivity contribution is 7.87. The summed E-state index contributed by atoms with van der Waals surface area (Å²) in [5, 5.41) is 9.63. The van der Waals surface area contributed by atoms with E-state index in [2.05, 4.69) is 4.83 Å². The van der Waals surface area contributed by atoms with Crippen molar-refractivity contribution in [1.29, 1.82) is 0 Å². The number of carboxylic acid groups (broad SMARTS) is 1. The summed E-state index contributed by atoms with van der Waals surface area (Å²) in [6, 6.07) is 0. The molecule has 0 amide bonds. The smallest absolute Gasteiger partial charge is 0.304 e. The van der Waals surface area contributed by atoms with Crippen LogP contribution < -0.4 is 4.83 Å². The van der Waals surface area contributed by atoms with Gasteiger partial charge in [-0.2, -0.15) is 12.7 Å². The second-order valence-corrected chi connectivity index (χ2v) is 4.71. The average molecular weight is 225 g/mol. The molecule has 84 valence electrons. The van der Waals surface area contributed by atoms with Gasteiger partial charge in [-0.3, -0.25) is 4.79 Å². The van der Waals surface area contributed by atoms with Crippen LogP contribution in [0.15, 0.2) is 0 Å². The Morgan fingerprint density at radius 2 is 1.86 bits per heavy atom. The Bertz CT molecular complexity index is 287. The molecular weight excluding hydrogens is 210 g/mol. The molecule has 8 heteroatoms. The largest absolute Gasteiger partial charge is 0.481 e. The fourth-order valence-electron chi connectivity index (χ4n) is 0.674. The summed E-state index contributed by atoms with van der Waals surface area (Å²) in [4.78, 5) is 12.4. The number of nitrogens with one attached hydrogen (secondary N) is 1. The quantitative estimate of drug-likeness (QED) is 0.549. The van der Waals surface area contributed by atoms with Gasteiger partial charge in [-0.05, 0) is 0 Å². The molecule has 7 nitrogen and oxygen atoms in total. The Balaban J connectivity index is 4.22. The van der Waals surface area contributed by atoms with Crippen molar-refractivity contribution in [2.75, 3.05) is 27.7 Å². The van der Waals surface area contributed by atoms with Gasteiger partial charge in [-0.1, -0.05) is 0 Å². The van der Waals surface area contributed by atoms with Crippen LogP contribution in [0.5, 0.6) is 0 Å². The topological polar surface area (TPSA) is 90.0 Å². The molecule has 0 atom stereocenters. The Labute approximate surface area is 83.5 Å². The lowest BCUT2D eigenvalue weighted by atomic mass is 10.4. The normalized spacial score (nSPS) is 12.4. The zero-order chi connectivity index (χ0) is 11.4. The van der Waals surface area contributed by atoms with Gasteiger partial charge in [0.25, 0.3) is 10.2 Å².